The second kappa shape index (κ2) is 4.41. The number of aromatic amines is 1. The largest absolute Gasteiger partial charge is 0.342 e. The molecule has 2 aromatic rings. The summed E-state index contributed by atoms with van der Waals surface area (Å²) in [4.78, 5) is 7.35. The van der Waals surface area contributed by atoms with Crippen LogP contribution in [0.25, 0.3) is 11.3 Å². The molecular weight excluding hydrogens is 188 g/mol. The maximum Gasteiger partial charge on any atom is 0.176 e. The van der Waals surface area contributed by atoms with Crippen LogP contribution in [0.1, 0.15) is 0 Å². The molecular formula is C11H12N4. The van der Waals surface area contributed by atoms with Crippen molar-refractivity contribution in [1.82, 2.24) is 15.4 Å². The Labute approximate surface area is 87.7 Å². The second-order valence-corrected chi connectivity index (χ2v) is 2.99. The highest BCUT2D eigenvalue weighted by molar-refractivity contribution is 5.56. The molecule has 4 nitrogen and oxygen atoms in total. The fraction of sp³-hybridized carbons (Fsp3) is 0.0909. The SMILES string of the molecule is CNN=c1[nH]ccnc1-c1ccccc1. The number of rotatable bonds is 2. The molecule has 1 heterocycles. The average molecular weight is 200 g/mol. The Balaban J connectivity index is 2.59. The van der Waals surface area contributed by atoms with E-state index in [-0.39, 0.29) is 0 Å². The summed E-state index contributed by atoms with van der Waals surface area (Å²) in [7, 11) is 1.76. The van der Waals surface area contributed by atoms with Crippen LogP contribution in [0.4, 0.5) is 0 Å². The van der Waals surface area contributed by atoms with Crippen molar-refractivity contribution >= 4 is 0 Å². The van der Waals surface area contributed by atoms with Crippen LogP contribution in [-0.4, -0.2) is 17.0 Å². The molecule has 0 bridgehead atoms. The molecule has 2 N–H and O–H groups in total. The molecule has 15 heavy (non-hydrogen) atoms. The van der Waals surface area contributed by atoms with E-state index in [1.165, 1.54) is 0 Å². The van der Waals surface area contributed by atoms with Crippen LogP contribution in [0, 0.1) is 0 Å². The van der Waals surface area contributed by atoms with Crippen molar-refractivity contribution in [1.29, 1.82) is 0 Å². The third-order valence-corrected chi connectivity index (χ3v) is 1.99. The van der Waals surface area contributed by atoms with E-state index in [1.54, 1.807) is 19.4 Å². The highest BCUT2D eigenvalue weighted by Crippen LogP contribution is 2.10. The Morgan fingerprint density at radius 1 is 1.27 bits per heavy atom. The van der Waals surface area contributed by atoms with Gasteiger partial charge >= 0.3 is 0 Å². The first kappa shape index (κ1) is 9.45. The van der Waals surface area contributed by atoms with Crippen LogP contribution in [0.5, 0.6) is 0 Å². The molecule has 1 aromatic heterocycles. The summed E-state index contributed by atoms with van der Waals surface area (Å²) in [5, 5.41) is 4.11. The number of aromatic nitrogens is 2. The van der Waals surface area contributed by atoms with Crippen molar-refractivity contribution in [3.8, 4) is 11.3 Å². The van der Waals surface area contributed by atoms with E-state index < -0.39 is 0 Å². The molecule has 0 saturated carbocycles. The van der Waals surface area contributed by atoms with E-state index in [4.69, 9.17) is 0 Å². The molecule has 2 rings (SSSR count). The molecule has 0 aliphatic heterocycles. The lowest BCUT2D eigenvalue weighted by Gasteiger charge is -2.00. The summed E-state index contributed by atoms with van der Waals surface area (Å²) in [5.74, 6) is 0. The molecule has 0 fully saturated rings. The first-order valence-corrected chi connectivity index (χ1v) is 4.71. The first-order chi connectivity index (χ1) is 7.42. The lowest BCUT2D eigenvalue weighted by atomic mass is 10.1. The zero-order valence-corrected chi connectivity index (χ0v) is 8.44. The molecule has 0 aliphatic carbocycles. The average Bonchev–Trinajstić information content (AvgIpc) is 2.31. The Hall–Kier alpha value is -2.10. The molecule has 0 unspecified atom stereocenters. The number of hydrogen-bond donors (Lipinski definition) is 2. The van der Waals surface area contributed by atoms with Gasteiger partial charge in [0.05, 0.1) is 0 Å². The smallest absolute Gasteiger partial charge is 0.176 e. The first-order valence-electron chi connectivity index (χ1n) is 4.71. The third kappa shape index (κ3) is 2.04. The van der Waals surface area contributed by atoms with Gasteiger partial charge in [0.2, 0.25) is 0 Å². The molecule has 0 amide bonds. The van der Waals surface area contributed by atoms with Gasteiger partial charge in [-0.1, -0.05) is 30.3 Å². The predicted molar refractivity (Wildman–Crippen MR) is 58.6 cm³/mol. The molecule has 0 saturated heterocycles. The maximum atomic E-state index is 4.30. The fourth-order valence-corrected chi connectivity index (χ4v) is 1.36. The van der Waals surface area contributed by atoms with E-state index in [9.17, 15) is 0 Å². The van der Waals surface area contributed by atoms with Gasteiger partial charge in [-0.15, -0.1) is 0 Å². The Morgan fingerprint density at radius 2 is 2.07 bits per heavy atom. The number of nitrogens with zero attached hydrogens (tertiary/aromatic N) is 2. The van der Waals surface area contributed by atoms with Gasteiger partial charge < -0.3 is 10.4 Å². The normalized spacial score (nSPS) is 11.4. The number of H-pyrrole nitrogens is 1. The van der Waals surface area contributed by atoms with Crippen molar-refractivity contribution in [3.63, 3.8) is 0 Å². The van der Waals surface area contributed by atoms with Gasteiger partial charge in [-0.3, -0.25) is 4.98 Å². The minimum atomic E-state index is 0.728. The third-order valence-electron chi connectivity index (χ3n) is 1.99. The van der Waals surface area contributed by atoms with E-state index >= 15 is 0 Å². The van der Waals surface area contributed by atoms with Crippen LogP contribution in [0.15, 0.2) is 47.8 Å². The fourth-order valence-electron chi connectivity index (χ4n) is 1.36. The molecule has 0 spiro atoms. The van der Waals surface area contributed by atoms with Crippen LogP contribution < -0.4 is 10.9 Å². The summed E-state index contributed by atoms with van der Waals surface area (Å²) in [6, 6.07) is 9.95. The Bertz CT molecular complexity index is 487. The van der Waals surface area contributed by atoms with E-state index in [0.29, 0.717) is 0 Å². The van der Waals surface area contributed by atoms with E-state index in [0.717, 1.165) is 16.7 Å². The van der Waals surface area contributed by atoms with Gasteiger partial charge in [0.25, 0.3) is 0 Å². The predicted octanol–water partition coefficient (Wildman–Crippen LogP) is 1.11. The maximum absolute atomic E-state index is 4.30. The summed E-state index contributed by atoms with van der Waals surface area (Å²) in [5.41, 5.74) is 5.36. The van der Waals surface area contributed by atoms with Crippen molar-refractivity contribution in [2.24, 2.45) is 5.10 Å². The van der Waals surface area contributed by atoms with Gasteiger partial charge in [-0.05, 0) is 0 Å². The van der Waals surface area contributed by atoms with Gasteiger partial charge in [-0.2, -0.15) is 5.10 Å². The summed E-state index contributed by atoms with van der Waals surface area (Å²) in [6.45, 7) is 0. The molecule has 4 heteroatoms. The quantitative estimate of drug-likeness (QED) is 0.713. The Morgan fingerprint density at radius 3 is 2.80 bits per heavy atom. The monoisotopic (exact) mass is 200 g/mol. The van der Waals surface area contributed by atoms with Gasteiger partial charge in [0.1, 0.15) is 5.69 Å². The lowest BCUT2D eigenvalue weighted by molar-refractivity contribution is 0.831. The van der Waals surface area contributed by atoms with Gasteiger partial charge in [0.15, 0.2) is 5.49 Å². The molecule has 0 atom stereocenters. The second-order valence-electron chi connectivity index (χ2n) is 2.99. The molecule has 0 radical (unpaired) electrons. The summed E-state index contributed by atoms with van der Waals surface area (Å²) < 4.78 is 0. The lowest BCUT2D eigenvalue weighted by Crippen LogP contribution is -2.16. The summed E-state index contributed by atoms with van der Waals surface area (Å²) in [6.07, 6.45) is 3.47. The highest BCUT2D eigenvalue weighted by Gasteiger charge is 2.00. The minimum Gasteiger partial charge on any atom is -0.342 e. The number of hydrogen-bond acceptors (Lipinski definition) is 3. The van der Waals surface area contributed by atoms with E-state index in [1.807, 2.05) is 30.3 Å². The zero-order valence-electron chi connectivity index (χ0n) is 8.44. The van der Waals surface area contributed by atoms with Crippen molar-refractivity contribution in [2.75, 3.05) is 7.05 Å². The summed E-state index contributed by atoms with van der Waals surface area (Å²) >= 11 is 0. The standard InChI is InChI=1S/C11H12N4/c1-12-15-11-10(13-7-8-14-11)9-5-3-2-4-6-9/h2-8,12H,1H3,(H,14,15). The van der Waals surface area contributed by atoms with Crippen molar-refractivity contribution in [3.05, 3.63) is 48.2 Å². The Kier molecular flexibility index (Phi) is 2.78. The number of benzene rings is 1. The molecule has 1 aromatic carbocycles. The van der Waals surface area contributed by atoms with Crippen molar-refractivity contribution < 1.29 is 0 Å². The van der Waals surface area contributed by atoms with Crippen LogP contribution in [-0.2, 0) is 0 Å². The van der Waals surface area contributed by atoms with Crippen LogP contribution in [0.3, 0.4) is 0 Å². The van der Waals surface area contributed by atoms with Gasteiger partial charge in [0, 0.05) is 25.0 Å². The molecule has 76 valence electrons. The van der Waals surface area contributed by atoms with Crippen LogP contribution >= 0.6 is 0 Å². The molecule has 0 aliphatic rings. The minimum absolute atomic E-state index is 0.728. The van der Waals surface area contributed by atoms with Crippen LogP contribution in [0.2, 0.25) is 0 Å². The number of nitrogens with one attached hydrogen (secondary N) is 2. The van der Waals surface area contributed by atoms with Crippen molar-refractivity contribution in [2.45, 2.75) is 0 Å². The zero-order chi connectivity index (χ0) is 10.5. The van der Waals surface area contributed by atoms with Gasteiger partial charge in [-0.25, -0.2) is 0 Å². The van der Waals surface area contributed by atoms with E-state index in [2.05, 4.69) is 20.5 Å². The topological polar surface area (TPSA) is 53.1 Å². The highest BCUT2D eigenvalue weighted by atomic mass is 15.3.